The van der Waals surface area contributed by atoms with E-state index in [1.807, 2.05) is 0 Å². The zero-order valence-electron chi connectivity index (χ0n) is 14.5. The largest absolute Gasteiger partial charge is 0.304 e. The molecule has 0 fully saturated rings. The van der Waals surface area contributed by atoms with Crippen LogP contribution in [-0.2, 0) is 13.0 Å². The van der Waals surface area contributed by atoms with E-state index in [1.165, 1.54) is 5.39 Å². The van der Waals surface area contributed by atoms with Crippen LogP contribution in [0.15, 0.2) is 48.5 Å². The molecular formula is C21H21N3S. The summed E-state index contributed by atoms with van der Waals surface area (Å²) < 4.78 is 0. The van der Waals surface area contributed by atoms with Gasteiger partial charge in [0.25, 0.3) is 0 Å². The SMILES string of the molecule is CN(C)Cc1ccc2ccc3ccc4ccc(CCS)nc4c3c2n1. The maximum Gasteiger partial charge on any atom is 0.0806 e. The van der Waals surface area contributed by atoms with Crippen LogP contribution < -0.4 is 0 Å². The number of fused-ring (bicyclic) bond motifs is 5. The molecule has 0 atom stereocenters. The third-order valence-electron chi connectivity index (χ3n) is 4.46. The van der Waals surface area contributed by atoms with E-state index >= 15 is 0 Å². The Hall–Kier alpha value is -2.17. The van der Waals surface area contributed by atoms with Crippen molar-refractivity contribution < 1.29 is 0 Å². The molecule has 4 rings (SSSR count). The van der Waals surface area contributed by atoms with Gasteiger partial charge in [-0.3, -0.25) is 9.97 Å². The van der Waals surface area contributed by atoms with Crippen molar-refractivity contribution in [3.05, 3.63) is 59.9 Å². The second-order valence-corrected chi connectivity index (χ2v) is 7.14. The molecule has 0 saturated heterocycles. The van der Waals surface area contributed by atoms with Crippen molar-refractivity contribution in [2.24, 2.45) is 0 Å². The van der Waals surface area contributed by atoms with Crippen LogP contribution in [0.4, 0.5) is 0 Å². The van der Waals surface area contributed by atoms with Crippen LogP contribution in [0.25, 0.3) is 32.6 Å². The predicted molar refractivity (Wildman–Crippen MR) is 109 cm³/mol. The molecule has 4 aromatic rings. The lowest BCUT2D eigenvalue weighted by molar-refractivity contribution is 0.397. The Morgan fingerprint density at radius 2 is 1.28 bits per heavy atom. The molecule has 0 amide bonds. The minimum absolute atomic E-state index is 0.801. The number of nitrogens with zero attached hydrogens (tertiary/aromatic N) is 3. The van der Waals surface area contributed by atoms with Crippen LogP contribution >= 0.6 is 12.6 Å². The predicted octanol–water partition coefficient (Wildman–Crippen LogP) is 4.47. The highest BCUT2D eigenvalue weighted by Crippen LogP contribution is 2.30. The van der Waals surface area contributed by atoms with Gasteiger partial charge in [0.1, 0.15) is 0 Å². The molecule has 0 N–H and O–H groups in total. The normalized spacial score (nSPS) is 11.8. The Morgan fingerprint density at radius 1 is 0.760 bits per heavy atom. The maximum atomic E-state index is 4.97. The molecule has 2 heterocycles. The summed E-state index contributed by atoms with van der Waals surface area (Å²) in [5, 5.41) is 4.65. The topological polar surface area (TPSA) is 29.0 Å². The first-order valence-electron chi connectivity index (χ1n) is 8.52. The van der Waals surface area contributed by atoms with E-state index in [4.69, 9.17) is 9.97 Å². The van der Waals surface area contributed by atoms with Gasteiger partial charge in [-0.1, -0.05) is 36.4 Å². The van der Waals surface area contributed by atoms with E-state index in [2.05, 4.69) is 80.2 Å². The lowest BCUT2D eigenvalue weighted by Gasteiger charge is -2.12. The molecule has 3 nitrogen and oxygen atoms in total. The van der Waals surface area contributed by atoms with E-state index in [1.54, 1.807) is 0 Å². The number of aromatic nitrogens is 2. The number of rotatable bonds is 4. The molecular weight excluding hydrogens is 326 g/mol. The number of hydrogen-bond donors (Lipinski definition) is 1. The summed E-state index contributed by atoms with van der Waals surface area (Å²) in [7, 11) is 4.13. The molecule has 0 aliphatic rings. The monoisotopic (exact) mass is 347 g/mol. The minimum Gasteiger partial charge on any atom is -0.304 e. The van der Waals surface area contributed by atoms with Gasteiger partial charge in [-0.15, -0.1) is 0 Å². The van der Waals surface area contributed by atoms with Crippen molar-refractivity contribution in [1.82, 2.24) is 14.9 Å². The zero-order valence-corrected chi connectivity index (χ0v) is 15.4. The van der Waals surface area contributed by atoms with Crippen LogP contribution in [-0.4, -0.2) is 34.7 Å². The van der Waals surface area contributed by atoms with Gasteiger partial charge in [-0.25, -0.2) is 0 Å². The van der Waals surface area contributed by atoms with E-state index in [-0.39, 0.29) is 0 Å². The highest BCUT2D eigenvalue weighted by Gasteiger charge is 2.10. The van der Waals surface area contributed by atoms with Gasteiger partial charge in [0.15, 0.2) is 0 Å². The first kappa shape index (κ1) is 16.3. The summed E-state index contributed by atoms with van der Waals surface area (Å²) in [5.41, 5.74) is 4.24. The van der Waals surface area contributed by atoms with Gasteiger partial charge in [0.2, 0.25) is 0 Å². The Bertz CT molecular complexity index is 1070. The van der Waals surface area contributed by atoms with Gasteiger partial charge < -0.3 is 4.90 Å². The average molecular weight is 347 g/mol. The van der Waals surface area contributed by atoms with E-state index in [0.717, 1.165) is 57.3 Å². The van der Waals surface area contributed by atoms with E-state index in [9.17, 15) is 0 Å². The Labute approximate surface area is 153 Å². The number of thiol groups is 1. The van der Waals surface area contributed by atoms with Crippen LogP contribution in [0.3, 0.4) is 0 Å². The molecule has 0 aliphatic carbocycles. The second kappa shape index (κ2) is 6.62. The van der Waals surface area contributed by atoms with Crippen LogP contribution in [0, 0.1) is 0 Å². The third kappa shape index (κ3) is 3.08. The van der Waals surface area contributed by atoms with Crippen molar-refractivity contribution in [2.45, 2.75) is 13.0 Å². The standard InChI is InChI=1S/C21H21N3S/c1-24(2)13-18-10-8-16-6-4-14-3-5-15-7-9-17(11-12-25)22-20(15)19(14)21(16)23-18/h3-10,25H,11-13H2,1-2H3. The van der Waals surface area contributed by atoms with Gasteiger partial charge in [0, 0.05) is 28.4 Å². The molecule has 0 aliphatic heterocycles. The van der Waals surface area contributed by atoms with Crippen LogP contribution in [0.2, 0.25) is 0 Å². The number of benzene rings is 2. The van der Waals surface area contributed by atoms with Gasteiger partial charge in [-0.2, -0.15) is 12.6 Å². The molecule has 0 saturated carbocycles. The van der Waals surface area contributed by atoms with Crippen LogP contribution in [0.1, 0.15) is 11.4 Å². The maximum absolute atomic E-state index is 4.97. The Kier molecular flexibility index (Phi) is 4.32. The lowest BCUT2D eigenvalue weighted by atomic mass is 10.0. The van der Waals surface area contributed by atoms with E-state index in [0.29, 0.717) is 0 Å². The molecule has 2 aromatic carbocycles. The number of aryl methyl sites for hydroxylation is 1. The summed E-state index contributed by atoms with van der Waals surface area (Å²) in [6.07, 6.45) is 0.875. The van der Waals surface area contributed by atoms with Gasteiger partial charge in [-0.05, 0) is 43.8 Å². The average Bonchev–Trinajstić information content (AvgIpc) is 2.60. The molecule has 0 radical (unpaired) electrons. The smallest absolute Gasteiger partial charge is 0.0806 e. The number of pyridine rings is 2. The van der Waals surface area contributed by atoms with Crippen molar-refractivity contribution in [3.63, 3.8) is 0 Å². The fraction of sp³-hybridized carbons (Fsp3) is 0.238. The molecule has 2 aromatic heterocycles. The van der Waals surface area contributed by atoms with E-state index < -0.39 is 0 Å². The van der Waals surface area contributed by atoms with Crippen LogP contribution in [0.5, 0.6) is 0 Å². The highest BCUT2D eigenvalue weighted by atomic mass is 32.1. The first-order chi connectivity index (χ1) is 12.2. The zero-order chi connectivity index (χ0) is 17.4. The fourth-order valence-corrected chi connectivity index (χ4v) is 3.55. The summed E-state index contributed by atoms with van der Waals surface area (Å²) in [4.78, 5) is 12.0. The Balaban J connectivity index is 2.06. The van der Waals surface area contributed by atoms with Crippen molar-refractivity contribution in [3.8, 4) is 0 Å². The molecule has 4 heteroatoms. The molecule has 0 unspecified atom stereocenters. The highest BCUT2D eigenvalue weighted by molar-refractivity contribution is 7.80. The summed E-state index contributed by atoms with van der Waals surface area (Å²) in [5.74, 6) is 0.801. The molecule has 126 valence electrons. The quantitative estimate of drug-likeness (QED) is 0.436. The number of hydrogen-bond acceptors (Lipinski definition) is 4. The molecule has 0 bridgehead atoms. The summed E-state index contributed by atoms with van der Waals surface area (Å²) in [6.45, 7) is 0.829. The van der Waals surface area contributed by atoms with Crippen molar-refractivity contribution in [1.29, 1.82) is 0 Å². The van der Waals surface area contributed by atoms with Gasteiger partial charge >= 0.3 is 0 Å². The third-order valence-corrected chi connectivity index (χ3v) is 4.69. The van der Waals surface area contributed by atoms with Gasteiger partial charge in [0.05, 0.1) is 16.7 Å². The van der Waals surface area contributed by atoms with Crippen molar-refractivity contribution >= 4 is 45.2 Å². The molecule has 25 heavy (non-hydrogen) atoms. The minimum atomic E-state index is 0.801. The molecule has 0 spiro atoms. The van der Waals surface area contributed by atoms with Crippen molar-refractivity contribution in [2.75, 3.05) is 19.8 Å². The summed E-state index contributed by atoms with van der Waals surface area (Å²) >= 11 is 4.35. The summed E-state index contributed by atoms with van der Waals surface area (Å²) in [6, 6.07) is 17.1. The Morgan fingerprint density at radius 3 is 1.88 bits per heavy atom. The lowest BCUT2D eigenvalue weighted by Crippen LogP contribution is -2.11. The second-order valence-electron chi connectivity index (χ2n) is 6.69. The first-order valence-corrected chi connectivity index (χ1v) is 9.15. The fourth-order valence-electron chi connectivity index (χ4n) is 3.32.